The van der Waals surface area contributed by atoms with Crippen LogP contribution in [0.2, 0.25) is 0 Å². The molecule has 162 valence electrons. The Morgan fingerprint density at radius 3 is 2.66 bits per heavy atom. The first-order chi connectivity index (χ1) is 15.5. The zero-order valence-electron chi connectivity index (χ0n) is 16.9. The molecule has 1 aromatic heterocycles. The number of benzene rings is 3. The molecule has 0 saturated heterocycles. The van der Waals surface area contributed by atoms with Crippen LogP contribution in [0.1, 0.15) is 5.56 Å². The molecule has 0 saturated carbocycles. The van der Waals surface area contributed by atoms with Crippen molar-refractivity contribution in [3.05, 3.63) is 82.6 Å². The Hall–Kier alpha value is -3.30. The van der Waals surface area contributed by atoms with Gasteiger partial charge in [0.2, 0.25) is 11.0 Å². The fourth-order valence-corrected chi connectivity index (χ4v) is 3.82. The average molecular weight is 513 g/mol. The Balaban J connectivity index is 1.67. The summed E-state index contributed by atoms with van der Waals surface area (Å²) in [7, 11) is 1.57. The fraction of sp³-hybridized carbons (Fsp3) is 0.0870. The summed E-state index contributed by atoms with van der Waals surface area (Å²) in [4.78, 5) is 0. The molecule has 6 nitrogen and oxygen atoms in total. The third kappa shape index (κ3) is 4.63. The first kappa shape index (κ1) is 21.9. The van der Waals surface area contributed by atoms with E-state index in [-0.39, 0.29) is 22.5 Å². The molecule has 0 fully saturated rings. The van der Waals surface area contributed by atoms with Crippen LogP contribution in [0.15, 0.2) is 81.4 Å². The van der Waals surface area contributed by atoms with E-state index in [4.69, 9.17) is 17.0 Å². The van der Waals surface area contributed by atoms with Crippen molar-refractivity contribution in [2.45, 2.75) is 6.54 Å². The lowest BCUT2D eigenvalue weighted by molar-refractivity contribution is 0.417. The molecule has 2 N–H and O–H groups in total. The van der Waals surface area contributed by atoms with E-state index in [0.29, 0.717) is 23.4 Å². The number of thiocarbonyl (C=S) groups is 1. The highest BCUT2D eigenvalue weighted by Crippen LogP contribution is 2.40. The number of fused-ring (bicyclic) bond motifs is 1. The van der Waals surface area contributed by atoms with Gasteiger partial charge in [0.25, 0.3) is 0 Å². The smallest absolute Gasteiger partial charge is 0.221 e. The van der Waals surface area contributed by atoms with E-state index in [1.807, 2.05) is 36.4 Å². The number of nitrogens with zero attached hydrogens (tertiary/aromatic N) is 3. The van der Waals surface area contributed by atoms with E-state index in [1.165, 1.54) is 12.1 Å². The standard InChI is InChI=1S/C23H18BrFN4O2S/c1-31-20-5-3-2-4-18(20)26-23(32)28-27-21-17-12-15(24)8-11-19(17)29(22(21)30)13-14-6-9-16(25)10-7-14/h2-12,30H,13H2,1H3,(H,26,32). The second-order valence-corrected chi connectivity index (χ2v) is 8.18. The van der Waals surface area contributed by atoms with E-state index in [0.717, 1.165) is 15.6 Å². The number of ether oxygens (including phenoxy) is 1. The van der Waals surface area contributed by atoms with Crippen LogP contribution in [-0.2, 0) is 6.54 Å². The van der Waals surface area contributed by atoms with E-state index >= 15 is 0 Å². The minimum atomic E-state index is -0.315. The van der Waals surface area contributed by atoms with Gasteiger partial charge in [0, 0.05) is 9.86 Å². The van der Waals surface area contributed by atoms with E-state index in [2.05, 4.69) is 31.5 Å². The number of azo groups is 1. The number of hydrogen-bond acceptors (Lipinski definition) is 4. The highest BCUT2D eigenvalue weighted by atomic mass is 79.9. The molecule has 0 bridgehead atoms. The number of aromatic hydroxyl groups is 1. The Kier molecular flexibility index (Phi) is 6.48. The van der Waals surface area contributed by atoms with Crippen molar-refractivity contribution in [1.82, 2.24) is 4.57 Å². The van der Waals surface area contributed by atoms with Gasteiger partial charge in [-0.3, -0.25) is 0 Å². The second kappa shape index (κ2) is 9.46. The number of nitrogens with one attached hydrogen (secondary N) is 1. The summed E-state index contributed by atoms with van der Waals surface area (Å²) in [5.74, 6) is 0.240. The average Bonchev–Trinajstić information content (AvgIpc) is 3.04. The zero-order chi connectivity index (χ0) is 22.7. The largest absolute Gasteiger partial charge is 0.495 e. The van der Waals surface area contributed by atoms with E-state index in [1.54, 1.807) is 29.9 Å². The van der Waals surface area contributed by atoms with Gasteiger partial charge in [-0.15, -0.1) is 10.2 Å². The first-order valence-corrected chi connectivity index (χ1v) is 10.8. The third-order valence-corrected chi connectivity index (χ3v) is 5.49. The summed E-state index contributed by atoms with van der Waals surface area (Å²) in [5.41, 5.74) is 2.53. The highest BCUT2D eigenvalue weighted by Gasteiger charge is 2.18. The molecule has 0 amide bonds. The second-order valence-electron chi connectivity index (χ2n) is 6.88. The van der Waals surface area contributed by atoms with E-state index < -0.39 is 0 Å². The summed E-state index contributed by atoms with van der Waals surface area (Å²) in [6.07, 6.45) is 0. The molecular formula is C23H18BrFN4O2S. The van der Waals surface area contributed by atoms with Crippen LogP contribution < -0.4 is 10.1 Å². The Bertz CT molecular complexity index is 1320. The van der Waals surface area contributed by atoms with Gasteiger partial charge in [-0.25, -0.2) is 4.39 Å². The van der Waals surface area contributed by atoms with Gasteiger partial charge in [-0.2, -0.15) is 0 Å². The quantitative estimate of drug-likeness (QED) is 0.228. The molecule has 0 aliphatic heterocycles. The summed E-state index contributed by atoms with van der Waals surface area (Å²) in [5, 5.41) is 23.0. The maximum atomic E-state index is 13.3. The number of para-hydroxylation sites is 2. The summed E-state index contributed by atoms with van der Waals surface area (Å²) < 4.78 is 21.1. The lowest BCUT2D eigenvalue weighted by atomic mass is 10.2. The van der Waals surface area contributed by atoms with Crippen LogP contribution >= 0.6 is 28.1 Å². The molecule has 0 atom stereocenters. The van der Waals surface area contributed by atoms with Crippen LogP contribution in [-0.4, -0.2) is 21.9 Å². The van der Waals surface area contributed by atoms with Crippen molar-refractivity contribution < 1.29 is 14.2 Å². The van der Waals surface area contributed by atoms with Crippen molar-refractivity contribution >= 4 is 55.5 Å². The van der Waals surface area contributed by atoms with E-state index in [9.17, 15) is 9.50 Å². The molecule has 1 heterocycles. The number of aromatic nitrogens is 1. The summed E-state index contributed by atoms with van der Waals surface area (Å²) in [6, 6.07) is 19.0. The molecule has 4 rings (SSSR count). The van der Waals surface area contributed by atoms with Crippen LogP contribution in [0.3, 0.4) is 0 Å². The molecule has 0 aliphatic carbocycles. The number of anilines is 1. The predicted molar refractivity (Wildman–Crippen MR) is 131 cm³/mol. The molecule has 3 aromatic carbocycles. The molecule has 0 radical (unpaired) electrons. The van der Waals surface area contributed by atoms with Gasteiger partial charge >= 0.3 is 0 Å². The summed E-state index contributed by atoms with van der Waals surface area (Å²) in [6.45, 7) is 0.337. The third-order valence-electron chi connectivity index (χ3n) is 4.82. The minimum Gasteiger partial charge on any atom is -0.495 e. The number of rotatable bonds is 5. The monoisotopic (exact) mass is 512 g/mol. The number of hydrogen-bond donors (Lipinski definition) is 2. The molecule has 0 aliphatic rings. The Morgan fingerprint density at radius 1 is 1.16 bits per heavy atom. The van der Waals surface area contributed by atoms with Gasteiger partial charge in [-0.05, 0) is 60.2 Å². The fourth-order valence-electron chi connectivity index (χ4n) is 3.31. The van der Waals surface area contributed by atoms with Gasteiger partial charge in [0.15, 0.2) is 5.69 Å². The lowest BCUT2D eigenvalue weighted by Gasteiger charge is -2.08. The van der Waals surface area contributed by atoms with Crippen molar-refractivity contribution in [3.8, 4) is 11.6 Å². The molecule has 0 unspecified atom stereocenters. The normalized spacial score (nSPS) is 11.2. The van der Waals surface area contributed by atoms with Crippen molar-refractivity contribution in [1.29, 1.82) is 0 Å². The van der Waals surface area contributed by atoms with Crippen LogP contribution in [0, 0.1) is 5.82 Å². The van der Waals surface area contributed by atoms with Gasteiger partial charge in [-0.1, -0.05) is 40.2 Å². The van der Waals surface area contributed by atoms with Crippen LogP contribution in [0.4, 0.5) is 15.8 Å². The maximum absolute atomic E-state index is 13.3. The van der Waals surface area contributed by atoms with Gasteiger partial charge in [0.1, 0.15) is 11.6 Å². The van der Waals surface area contributed by atoms with Crippen molar-refractivity contribution in [2.75, 3.05) is 12.4 Å². The maximum Gasteiger partial charge on any atom is 0.221 e. The lowest BCUT2D eigenvalue weighted by Crippen LogP contribution is -2.06. The molecule has 0 spiro atoms. The predicted octanol–water partition coefficient (Wildman–Crippen LogP) is 6.79. The highest BCUT2D eigenvalue weighted by molar-refractivity contribution is 9.10. The number of halogens is 2. The topological polar surface area (TPSA) is 71.1 Å². The molecule has 4 aromatic rings. The summed E-state index contributed by atoms with van der Waals surface area (Å²) >= 11 is 8.76. The van der Waals surface area contributed by atoms with Crippen LogP contribution in [0.5, 0.6) is 11.6 Å². The Morgan fingerprint density at radius 2 is 1.91 bits per heavy atom. The molecular weight excluding hydrogens is 495 g/mol. The first-order valence-electron chi connectivity index (χ1n) is 9.57. The van der Waals surface area contributed by atoms with Crippen molar-refractivity contribution in [3.63, 3.8) is 0 Å². The van der Waals surface area contributed by atoms with Gasteiger partial charge in [0.05, 0.1) is 24.9 Å². The molecule has 9 heteroatoms. The van der Waals surface area contributed by atoms with Crippen molar-refractivity contribution in [2.24, 2.45) is 10.2 Å². The van der Waals surface area contributed by atoms with Crippen LogP contribution in [0.25, 0.3) is 10.9 Å². The minimum absolute atomic E-state index is 0.0636. The number of methoxy groups -OCH3 is 1. The molecule has 32 heavy (non-hydrogen) atoms. The SMILES string of the molecule is COc1ccccc1NC(=S)N=Nc1c(O)n(Cc2ccc(F)cc2)c2ccc(Br)cc12. The van der Waals surface area contributed by atoms with Gasteiger partial charge < -0.3 is 19.7 Å². The zero-order valence-corrected chi connectivity index (χ0v) is 19.3. The Labute approximate surface area is 197 Å².